The van der Waals surface area contributed by atoms with E-state index in [4.69, 9.17) is 16.3 Å². The Labute approximate surface area is 230 Å². The van der Waals surface area contributed by atoms with Crippen LogP contribution in [-0.2, 0) is 20.9 Å². The van der Waals surface area contributed by atoms with E-state index in [0.29, 0.717) is 37.6 Å². The SMILES string of the molecule is CC(=O)N(NCc1cccc(F)c1Cl)[C@H](COC(=O)Nc1cc2ccccc2cn1)CC(=O)N1CCNCC1. The van der Waals surface area contributed by atoms with Gasteiger partial charge in [0.1, 0.15) is 18.2 Å². The summed E-state index contributed by atoms with van der Waals surface area (Å²) in [4.78, 5) is 44.3. The Morgan fingerprint density at radius 3 is 2.64 bits per heavy atom. The van der Waals surface area contributed by atoms with Crippen LogP contribution in [0.25, 0.3) is 10.8 Å². The molecule has 0 aliphatic carbocycles. The van der Waals surface area contributed by atoms with Gasteiger partial charge >= 0.3 is 6.09 Å². The summed E-state index contributed by atoms with van der Waals surface area (Å²) in [5.74, 6) is -0.882. The number of fused-ring (bicyclic) bond motifs is 1. The maximum absolute atomic E-state index is 13.9. The average Bonchev–Trinajstić information content (AvgIpc) is 2.94. The van der Waals surface area contributed by atoms with Crippen molar-refractivity contribution >= 4 is 46.1 Å². The number of hydrogen-bond donors (Lipinski definition) is 3. The first kappa shape index (κ1) is 28.2. The van der Waals surface area contributed by atoms with Gasteiger partial charge in [0.25, 0.3) is 0 Å². The predicted molar refractivity (Wildman–Crippen MR) is 145 cm³/mol. The van der Waals surface area contributed by atoms with Gasteiger partial charge < -0.3 is 15.0 Å². The standard InChI is InChI=1S/C27H30ClFN6O4/c1-18(36)35(32-16-21-7-4-8-23(29)26(21)28)22(14-25(37)34-11-9-30-10-12-34)17-39-27(38)33-24-13-19-5-2-3-6-20(19)15-31-24/h2-8,13,15,22,30,32H,9-12,14,16-17H2,1H3,(H,31,33,38)/t22-/m0/s1. The lowest BCUT2D eigenvalue weighted by Gasteiger charge is -2.33. The number of ether oxygens (including phenoxy) is 1. The van der Waals surface area contributed by atoms with Gasteiger partial charge in [-0.3, -0.25) is 19.9 Å². The number of amides is 3. The van der Waals surface area contributed by atoms with Crippen LogP contribution in [0.2, 0.25) is 5.02 Å². The molecule has 1 aliphatic heterocycles. The van der Waals surface area contributed by atoms with Gasteiger partial charge in [0.2, 0.25) is 11.8 Å². The first-order chi connectivity index (χ1) is 18.8. The molecule has 0 spiro atoms. The molecule has 1 aliphatic rings. The molecule has 12 heteroatoms. The van der Waals surface area contributed by atoms with E-state index in [9.17, 15) is 18.8 Å². The molecule has 10 nitrogen and oxygen atoms in total. The second-order valence-corrected chi connectivity index (χ2v) is 9.44. The Morgan fingerprint density at radius 2 is 1.90 bits per heavy atom. The molecular formula is C27H30ClFN6O4. The summed E-state index contributed by atoms with van der Waals surface area (Å²) < 4.78 is 19.3. The number of benzene rings is 2. The van der Waals surface area contributed by atoms with Crippen LogP contribution in [0.1, 0.15) is 18.9 Å². The van der Waals surface area contributed by atoms with Crippen LogP contribution in [0.5, 0.6) is 0 Å². The smallest absolute Gasteiger partial charge is 0.412 e. The highest BCUT2D eigenvalue weighted by atomic mass is 35.5. The number of anilines is 1. The number of carbonyl (C=O) groups is 3. The Kier molecular flexibility index (Phi) is 9.64. The Morgan fingerprint density at radius 1 is 1.15 bits per heavy atom. The minimum Gasteiger partial charge on any atom is -0.447 e. The molecule has 206 valence electrons. The molecule has 3 amide bonds. The first-order valence-corrected chi connectivity index (χ1v) is 12.9. The molecule has 3 N–H and O–H groups in total. The maximum Gasteiger partial charge on any atom is 0.412 e. The van der Waals surface area contributed by atoms with Gasteiger partial charge in [-0.2, -0.15) is 0 Å². The largest absolute Gasteiger partial charge is 0.447 e. The van der Waals surface area contributed by atoms with Crippen molar-refractivity contribution in [2.24, 2.45) is 0 Å². The zero-order chi connectivity index (χ0) is 27.8. The van der Waals surface area contributed by atoms with E-state index in [0.717, 1.165) is 10.8 Å². The van der Waals surface area contributed by atoms with Gasteiger partial charge in [0.15, 0.2) is 0 Å². The topological polar surface area (TPSA) is 116 Å². The van der Waals surface area contributed by atoms with E-state index >= 15 is 0 Å². The summed E-state index contributed by atoms with van der Waals surface area (Å²) >= 11 is 6.07. The number of aromatic nitrogens is 1. The Balaban J connectivity index is 1.46. The van der Waals surface area contributed by atoms with Crippen LogP contribution in [0.4, 0.5) is 15.0 Å². The molecule has 2 heterocycles. The third kappa shape index (κ3) is 7.62. The molecule has 0 saturated carbocycles. The van der Waals surface area contributed by atoms with Crippen LogP contribution >= 0.6 is 11.6 Å². The summed E-state index contributed by atoms with van der Waals surface area (Å²) in [6.45, 7) is 3.46. The summed E-state index contributed by atoms with van der Waals surface area (Å²) in [6, 6.07) is 12.8. The molecule has 0 unspecified atom stereocenters. The monoisotopic (exact) mass is 556 g/mol. The molecule has 2 aromatic carbocycles. The molecule has 4 rings (SSSR count). The summed E-state index contributed by atoms with van der Waals surface area (Å²) in [7, 11) is 0. The van der Waals surface area contributed by atoms with Gasteiger partial charge in [-0.25, -0.2) is 19.6 Å². The quantitative estimate of drug-likeness (QED) is 0.346. The first-order valence-electron chi connectivity index (χ1n) is 12.5. The van der Waals surface area contributed by atoms with Crippen LogP contribution in [-0.4, -0.2) is 71.6 Å². The second kappa shape index (κ2) is 13.3. The van der Waals surface area contributed by atoms with Gasteiger partial charge in [0, 0.05) is 51.2 Å². The zero-order valence-electron chi connectivity index (χ0n) is 21.5. The van der Waals surface area contributed by atoms with Crippen molar-refractivity contribution in [1.29, 1.82) is 0 Å². The number of halogens is 2. The van der Waals surface area contributed by atoms with Crippen LogP contribution in [0, 0.1) is 5.82 Å². The predicted octanol–water partition coefficient (Wildman–Crippen LogP) is 3.32. The molecular weight excluding hydrogens is 527 g/mol. The van der Waals surface area contributed by atoms with Crippen molar-refractivity contribution in [1.82, 2.24) is 25.6 Å². The van der Waals surface area contributed by atoms with E-state index in [-0.39, 0.29) is 30.5 Å². The lowest BCUT2D eigenvalue weighted by Crippen LogP contribution is -2.54. The fraction of sp³-hybridized carbons (Fsp3) is 0.333. The number of piperazine rings is 1. The summed E-state index contributed by atoms with van der Waals surface area (Å²) in [6.07, 6.45) is 0.762. The van der Waals surface area contributed by atoms with Crippen LogP contribution in [0.3, 0.4) is 0 Å². The van der Waals surface area contributed by atoms with E-state index < -0.39 is 23.9 Å². The number of hydrazine groups is 1. The molecule has 1 fully saturated rings. The molecule has 1 atom stereocenters. The van der Waals surface area contributed by atoms with Crippen molar-refractivity contribution in [2.75, 3.05) is 38.1 Å². The highest BCUT2D eigenvalue weighted by Crippen LogP contribution is 2.20. The van der Waals surface area contributed by atoms with E-state index in [1.54, 1.807) is 23.2 Å². The average molecular weight is 557 g/mol. The fourth-order valence-electron chi connectivity index (χ4n) is 4.29. The van der Waals surface area contributed by atoms with E-state index in [1.807, 2.05) is 24.3 Å². The van der Waals surface area contributed by atoms with Gasteiger partial charge in [-0.15, -0.1) is 0 Å². The fourth-order valence-corrected chi connectivity index (χ4v) is 4.48. The molecule has 0 bridgehead atoms. The summed E-state index contributed by atoms with van der Waals surface area (Å²) in [5.41, 5.74) is 3.36. The third-order valence-electron chi connectivity index (χ3n) is 6.32. The van der Waals surface area contributed by atoms with Crippen LogP contribution in [0.15, 0.2) is 54.7 Å². The number of hydrogen-bond acceptors (Lipinski definition) is 7. The molecule has 0 radical (unpaired) electrons. The summed E-state index contributed by atoms with van der Waals surface area (Å²) in [5, 5.41) is 8.75. The minimum absolute atomic E-state index is 0.0156. The van der Waals surface area contributed by atoms with Crippen LogP contribution < -0.4 is 16.1 Å². The number of carbonyl (C=O) groups excluding carboxylic acids is 3. The molecule has 3 aromatic rings. The number of rotatable bonds is 9. The van der Waals surface area contributed by atoms with Crippen molar-refractivity contribution < 1.29 is 23.5 Å². The van der Waals surface area contributed by atoms with E-state index in [1.165, 1.54) is 24.1 Å². The highest BCUT2D eigenvalue weighted by Gasteiger charge is 2.28. The molecule has 1 saturated heterocycles. The van der Waals surface area contributed by atoms with E-state index in [2.05, 4.69) is 21.0 Å². The minimum atomic E-state index is -0.840. The van der Waals surface area contributed by atoms with Crippen molar-refractivity contribution in [3.8, 4) is 0 Å². The highest BCUT2D eigenvalue weighted by molar-refractivity contribution is 6.31. The number of nitrogens with one attached hydrogen (secondary N) is 3. The molecule has 1 aromatic heterocycles. The normalized spacial score (nSPS) is 14.1. The van der Waals surface area contributed by atoms with Crippen molar-refractivity contribution in [3.63, 3.8) is 0 Å². The van der Waals surface area contributed by atoms with Gasteiger partial charge in [-0.1, -0.05) is 48.0 Å². The number of nitrogens with zero attached hydrogens (tertiary/aromatic N) is 3. The Bertz CT molecular complexity index is 1340. The molecule has 39 heavy (non-hydrogen) atoms. The second-order valence-electron chi connectivity index (χ2n) is 9.07. The zero-order valence-corrected chi connectivity index (χ0v) is 22.2. The van der Waals surface area contributed by atoms with Gasteiger partial charge in [0.05, 0.1) is 17.5 Å². The number of pyridine rings is 1. The van der Waals surface area contributed by atoms with Gasteiger partial charge in [-0.05, 0) is 23.1 Å². The van der Waals surface area contributed by atoms with Crippen molar-refractivity contribution in [2.45, 2.75) is 25.9 Å². The third-order valence-corrected chi connectivity index (χ3v) is 6.75. The Hall–Kier alpha value is -3.80. The lowest BCUT2D eigenvalue weighted by molar-refractivity contribution is -0.140. The van der Waals surface area contributed by atoms with Crippen molar-refractivity contribution in [3.05, 3.63) is 71.1 Å². The lowest BCUT2D eigenvalue weighted by atomic mass is 10.1. The maximum atomic E-state index is 13.9.